The first kappa shape index (κ1) is 16.1. The topological polar surface area (TPSA) is 21.3 Å². The summed E-state index contributed by atoms with van der Waals surface area (Å²) in [4.78, 5) is 0. The van der Waals surface area contributed by atoms with Crippen molar-refractivity contribution in [3.05, 3.63) is 0 Å². The van der Waals surface area contributed by atoms with Gasteiger partial charge in [-0.1, -0.05) is 34.1 Å². The molecule has 0 bridgehead atoms. The van der Waals surface area contributed by atoms with Crippen LogP contribution in [0.5, 0.6) is 0 Å². The molecule has 0 heterocycles. The van der Waals surface area contributed by atoms with Crippen molar-refractivity contribution in [2.24, 2.45) is 0 Å². The molecule has 0 amide bonds. The minimum Gasteiger partial charge on any atom is -0.417 e. The lowest BCUT2D eigenvalue weighted by Gasteiger charge is -2.36. The highest BCUT2D eigenvalue weighted by Gasteiger charge is 2.36. The molecule has 0 spiro atoms. The Labute approximate surface area is 103 Å². The lowest BCUT2D eigenvalue weighted by atomic mass is 10.2. The van der Waals surface area contributed by atoms with E-state index in [9.17, 15) is 0 Å². The molecule has 98 valence electrons. The van der Waals surface area contributed by atoms with Gasteiger partial charge in [-0.05, 0) is 44.1 Å². The molecule has 0 radical (unpaired) electrons. The highest BCUT2D eigenvalue weighted by molar-refractivity contribution is 6.74. The number of unbranched alkanes of at least 4 members (excludes halogenated alkanes) is 1. The van der Waals surface area contributed by atoms with E-state index in [0.29, 0.717) is 5.04 Å². The van der Waals surface area contributed by atoms with Crippen molar-refractivity contribution in [3.63, 3.8) is 0 Å². The highest BCUT2D eigenvalue weighted by atomic mass is 28.4. The molecular formula is C13H31NOSi. The highest BCUT2D eigenvalue weighted by Crippen LogP contribution is 2.36. The number of rotatable bonds is 8. The Morgan fingerprint density at radius 1 is 1.06 bits per heavy atom. The molecular weight excluding hydrogens is 214 g/mol. The van der Waals surface area contributed by atoms with Crippen LogP contribution < -0.4 is 5.32 Å². The number of hydrogen-bond acceptors (Lipinski definition) is 2. The van der Waals surface area contributed by atoms with Gasteiger partial charge in [-0.2, -0.15) is 0 Å². The lowest BCUT2D eigenvalue weighted by Crippen LogP contribution is -2.41. The van der Waals surface area contributed by atoms with E-state index in [4.69, 9.17) is 4.43 Å². The van der Waals surface area contributed by atoms with E-state index >= 15 is 0 Å². The van der Waals surface area contributed by atoms with E-state index in [1.807, 2.05) is 0 Å². The molecule has 3 heteroatoms. The fourth-order valence-corrected chi connectivity index (χ4v) is 2.26. The zero-order valence-corrected chi connectivity index (χ0v) is 13.2. The van der Waals surface area contributed by atoms with E-state index in [0.717, 1.165) is 26.1 Å². The van der Waals surface area contributed by atoms with Crippen LogP contribution in [0.4, 0.5) is 0 Å². The van der Waals surface area contributed by atoms with Crippen LogP contribution in [-0.2, 0) is 4.43 Å². The smallest absolute Gasteiger partial charge is 0.191 e. The summed E-state index contributed by atoms with van der Waals surface area (Å²) in [5.41, 5.74) is 0. The minimum atomic E-state index is -1.51. The van der Waals surface area contributed by atoms with Gasteiger partial charge in [0.15, 0.2) is 8.32 Å². The normalized spacial score (nSPS) is 13.1. The van der Waals surface area contributed by atoms with Gasteiger partial charge in [-0.25, -0.2) is 0 Å². The first-order chi connectivity index (χ1) is 7.31. The van der Waals surface area contributed by atoms with Crippen molar-refractivity contribution < 1.29 is 4.43 Å². The molecule has 1 N–H and O–H groups in total. The summed E-state index contributed by atoms with van der Waals surface area (Å²) in [6, 6.07) is 0. The van der Waals surface area contributed by atoms with Gasteiger partial charge < -0.3 is 9.74 Å². The van der Waals surface area contributed by atoms with Gasteiger partial charge in [0, 0.05) is 6.61 Å². The molecule has 0 unspecified atom stereocenters. The van der Waals surface area contributed by atoms with Crippen LogP contribution in [0.15, 0.2) is 0 Å². The molecule has 0 saturated carbocycles. The summed E-state index contributed by atoms with van der Waals surface area (Å²) < 4.78 is 6.10. The lowest BCUT2D eigenvalue weighted by molar-refractivity contribution is 0.280. The predicted molar refractivity (Wildman–Crippen MR) is 75.5 cm³/mol. The maximum absolute atomic E-state index is 6.10. The van der Waals surface area contributed by atoms with Crippen LogP contribution in [-0.4, -0.2) is 28.0 Å². The van der Waals surface area contributed by atoms with Gasteiger partial charge in [0.1, 0.15) is 0 Å². The molecule has 0 saturated heterocycles. The molecule has 0 aliphatic rings. The molecule has 0 aliphatic heterocycles. The van der Waals surface area contributed by atoms with Crippen LogP contribution in [0.3, 0.4) is 0 Å². The predicted octanol–water partition coefficient (Wildman–Crippen LogP) is 3.79. The van der Waals surface area contributed by atoms with Crippen molar-refractivity contribution in [3.8, 4) is 0 Å². The Morgan fingerprint density at radius 2 is 1.62 bits per heavy atom. The van der Waals surface area contributed by atoms with E-state index in [1.54, 1.807) is 0 Å². The molecule has 0 aromatic heterocycles. The molecule has 0 fully saturated rings. The third kappa shape index (κ3) is 6.66. The number of nitrogens with one attached hydrogen (secondary N) is 1. The molecule has 0 aromatic carbocycles. The monoisotopic (exact) mass is 245 g/mol. The van der Waals surface area contributed by atoms with Crippen LogP contribution in [0.1, 0.15) is 47.0 Å². The standard InChI is InChI=1S/C13H31NOSi/c1-7-8-10-14-11-9-12-15-16(5,6)13(2,3)4/h14H,7-12H2,1-6H3. The van der Waals surface area contributed by atoms with Crippen LogP contribution in [0.2, 0.25) is 18.1 Å². The summed E-state index contributed by atoms with van der Waals surface area (Å²) in [6.07, 6.45) is 3.69. The van der Waals surface area contributed by atoms with Gasteiger partial charge in [-0.3, -0.25) is 0 Å². The molecule has 2 nitrogen and oxygen atoms in total. The average molecular weight is 245 g/mol. The molecule has 0 atom stereocenters. The van der Waals surface area contributed by atoms with Crippen molar-refractivity contribution in [2.45, 2.75) is 65.1 Å². The second-order valence-electron chi connectivity index (χ2n) is 6.07. The van der Waals surface area contributed by atoms with Crippen LogP contribution >= 0.6 is 0 Å². The summed E-state index contributed by atoms with van der Waals surface area (Å²) in [5, 5.41) is 3.78. The maximum atomic E-state index is 6.10. The Hall–Kier alpha value is 0.137. The summed E-state index contributed by atoms with van der Waals surface area (Å²) in [6.45, 7) is 16.9. The first-order valence-electron chi connectivity index (χ1n) is 6.66. The second-order valence-corrected chi connectivity index (χ2v) is 10.9. The summed E-state index contributed by atoms with van der Waals surface area (Å²) in [7, 11) is -1.51. The molecule has 0 aromatic rings. The van der Waals surface area contributed by atoms with Crippen molar-refractivity contribution in [1.29, 1.82) is 0 Å². The van der Waals surface area contributed by atoms with Gasteiger partial charge in [-0.15, -0.1) is 0 Å². The molecule has 0 aliphatic carbocycles. The van der Waals surface area contributed by atoms with Crippen LogP contribution in [0.25, 0.3) is 0 Å². The van der Waals surface area contributed by atoms with E-state index < -0.39 is 8.32 Å². The van der Waals surface area contributed by atoms with Crippen molar-refractivity contribution in [2.75, 3.05) is 19.7 Å². The first-order valence-corrected chi connectivity index (χ1v) is 9.57. The zero-order chi connectivity index (χ0) is 12.7. The van der Waals surface area contributed by atoms with Gasteiger partial charge >= 0.3 is 0 Å². The Kier molecular flexibility index (Phi) is 7.52. The van der Waals surface area contributed by atoms with Gasteiger partial charge in [0.2, 0.25) is 0 Å². The van der Waals surface area contributed by atoms with Crippen molar-refractivity contribution in [1.82, 2.24) is 5.32 Å². The van der Waals surface area contributed by atoms with Crippen LogP contribution in [0, 0.1) is 0 Å². The third-order valence-electron chi connectivity index (χ3n) is 3.47. The second kappa shape index (κ2) is 7.46. The Balaban J connectivity index is 3.51. The fourth-order valence-electron chi connectivity index (χ4n) is 1.17. The Bertz CT molecular complexity index is 175. The summed E-state index contributed by atoms with van der Waals surface area (Å²) in [5.74, 6) is 0. The quantitative estimate of drug-likeness (QED) is 0.519. The largest absolute Gasteiger partial charge is 0.417 e. The average Bonchev–Trinajstić information content (AvgIpc) is 2.14. The Morgan fingerprint density at radius 3 is 2.12 bits per heavy atom. The molecule has 0 rings (SSSR count). The van der Waals surface area contributed by atoms with E-state index in [2.05, 4.69) is 46.1 Å². The van der Waals surface area contributed by atoms with E-state index in [-0.39, 0.29) is 0 Å². The minimum absolute atomic E-state index is 0.336. The van der Waals surface area contributed by atoms with Crippen molar-refractivity contribution >= 4 is 8.32 Å². The van der Waals surface area contributed by atoms with E-state index in [1.165, 1.54) is 12.8 Å². The molecule has 16 heavy (non-hydrogen) atoms. The third-order valence-corrected chi connectivity index (χ3v) is 8.01. The zero-order valence-electron chi connectivity index (χ0n) is 12.2. The SMILES string of the molecule is CCCCNCCCO[Si](C)(C)C(C)(C)C. The number of hydrogen-bond donors (Lipinski definition) is 1. The fraction of sp³-hybridized carbons (Fsp3) is 1.00. The van der Waals surface area contributed by atoms with Gasteiger partial charge in [0.25, 0.3) is 0 Å². The van der Waals surface area contributed by atoms with Gasteiger partial charge in [0.05, 0.1) is 0 Å². The summed E-state index contributed by atoms with van der Waals surface area (Å²) >= 11 is 0. The maximum Gasteiger partial charge on any atom is 0.191 e.